The third kappa shape index (κ3) is 2.36. The van der Waals surface area contributed by atoms with Crippen molar-refractivity contribution in [3.05, 3.63) is 6.33 Å². The molecule has 1 N–H and O–H groups in total. The lowest BCUT2D eigenvalue weighted by atomic mass is 10.5. The molecule has 0 aliphatic carbocycles. The molecule has 0 bridgehead atoms. The smallest absolute Gasteiger partial charge is 0.230 e. The van der Waals surface area contributed by atoms with Crippen LogP contribution < -0.4 is 5.32 Å². The normalized spacial score (nSPS) is 10.7. The van der Waals surface area contributed by atoms with Gasteiger partial charge in [0.25, 0.3) is 0 Å². The lowest BCUT2D eigenvalue weighted by molar-refractivity contribution is -0.118. The average Bonchev–Trinajstić information content (AvgIpc) is 2.79. The maximum atomic E-state index is 11.2. The van der Waals surface area contributed by atoms with E-state index in [1.165, 1.54) is 18.1 Å². The molecular formula is C9H12N6OS. The van der Waals surface area contributed by atoms with Gasteiger partial charge in [-0.15, -0.1) is 5.10 Å². The zero-order chi connectivity index (χ0) is 12.3. The van der Waals surface area contributed by atoms with Gasteiger partial charge < -0.3 is 5.32 Å². The molecule has 17 heavy (non-hydrogen) atoms. The molecule has 0 fully saturated rings. The van der Waals surface area contributed by atoms with E-state index in [2.05, 4.69) is 25.6 Å². The fraction of sp³-hybridized carbons (Fsp3) is 0.444. The molecule has 2 heterocycles. The highest BCUT2D eigenvalue weighted by Gasteiger charge is 2.12. The van der Waals surface area contributed by atoms with E-state index in [1.54, 1.807) is 11.7 Å². The minimum absolute atomic E-state index is 0.0513. The molecule has 90 valence electrons. The quantitative estimate of drug-likeness (QED) is 0.612. The minimum atomic E-state index is -0.0513. The van der Waals surface area contributed by atoms with Crippen molar-refractivity contribution in [2.75, 3.05) is 12.8 Å². The van der Waals surface area contributed by atoms with Gasteiger partial charge in [-0.25, -0.2) is 14.6 Å². The zero-order valence-corrected chi connectivity index (χ0v) is 10.4. The van der Waals surface area contributed by atoms with Crippen molar-refractivity contribution >= 4 is 28.8 Å². The van der Waals surface area contributed by atoms with E-state index in [-0.39, 0.29) is 5.91 Å². The van der Waals surface area contributed by atoms with Gasteiger partial charge in [-0.05, 0) is 6.92 Å². The summed E-state index contributed by atoms with van der Waals surface area (Å²) < 4.78 is 1.70. The summed E-state index contributed by atoms with van der Waals surface area (Å²) in [6.45, 7) is 2.67. The molecule has 0 saturated carbocycles. The Morgan fingerprint density at radius 2 is 2.35 bits per heavy atom. The zero-order valence-electron chi connectivity index (χ0n) is 9.54. The first-order chi connectivity index (χ1) is 8.26. The van der Waals surface area contributed by atoms with Crippen LogP contribution in [0.5, 0.6) is 0 Å². The van der Waals surface area contributed by atoms with E-state index in [0.29, 0.717) is 28.5 Å². The molecule has 0 saturated heterocycles. The third-order valence-electron chi connectivity index (χ3n) is 2.18. The van der Waals surface area contributed by atoms with Crippen LogP contribution in [0.1, 0.15) is 6.92 Å². The summed E-state index contributed by atoms with van der Waals surface area (Å²) in [4.78, 5) is 19.4. The van der Waals surface area contributed by atoms with E-state index in [9.17, 15) is 4.79 Å². The largest absolute Gasteiger partial charge is 0.358 e. The highest BCUT2D eigenvalue weighted by molar-refractivity contribution is 8.00. The molecule has 0 aromatic carbocycles. The Morgan fingerprint density at radius 3 is 3.06 bits per heavy atom. The van der Waals surface area contributed by atoms with E-state index in [1.807, 2.05) is 6.92 Å². The molecular weight excluding hydrogens is 240 g/mol. The van der Waals surface area contributed by atoms with Gasteiger partial charge in [0, 0.05) is 13.6 Å². The second kappa shape index (κ2) is 5.09. The van der Waals surface area contributed by atoms with Gasteiger partial charge in [-0.3, -0.25) is 4.79 Å². The monoisotopic (exact) mass is 252 g/mol. The molecule has 2 aromatic heterocycles. The van der Waals surface area contributed by atoms with Gasteiger partial charge in [0.15, 0.2) is 11.2 Å². The predicted molar refractivity (Wildman–Crippen MR) is 63.6 cm³/mol. The van der Waals surface area contributed by atoms with E-state index in [4.69, 9.17) is 0 Å². The number of carbonyl (C=O) groups is 1. The Morgan fingerprint density at radius 1 is 1.53 bits per heavy atom. The number of thioether (sulfide) groups is 1. The van der Waals surface area contributed by atoms with Crippen LogP contribution in [0.4, 0.5) is 0 Å². The molecule has 2 rings (SSSR count). The highest BCUT2D eigenvalue weighted by atomic mass is 32.2. The predicted octanol–water partition coefficient (Wildman–Crippen LogP) is 0.0793. The van der Waals surface area contributed by atoms with E-state index in [0.717, 1.165) is 0 Å². The minimum Gasteiger partial charge on any atom is -0.358 e. The second-order valence-electron chi connectivity index (χ2n) is 3.22. The number of hydrogen-bond donors (Lipinski definition) is 1. The van der Waals surface area contributed by atoms with Crippen LogP contribution in [0.15, 0.2) is 11.4 Å². The number of rotatable bonds is 4. The van der Waals surface area contributed by atoms with Crippen molar-refractivity contribution in [2.45, 2.75) is 18.5 Å². The lowest BCUT2D eigenvalue weighted by Crippen LogP contribution is -2.19. The van der Waals surface area contributed by atoms with Crippen molar-refractivity contribution in [1.82, 2.24) is 30.3 Å². The summed E-state index contributed by atoms with van der Waals surface area (Å²) >= 11 is 1.33. The second-order valence-corrected chi connectivity index (χ2v) is 4.18. The van der Waals surface area contributed by atoms with Crippen LogP contribution >= 0.6 is 11.8 Å². The summed E-state index contributed by atoms with van der Waals surface area (Å²) in [6, 6.07) is 0. The summed E-state index contributed by atoms with van der Waals surface area (Å²) in [5.74, 6) is 0.256. The van der Waals surface area contributed by atoms with E-state index >= 15 is 0 Å². The van der Waals surface area contributed by atoms with Crippen LogP contribution in [-0.2, 0) is 11.3 Å². The number of fused-ring (bicyclic) bond motifs is 1. The van der Waals surface area contributed by atoms with E-state index < -0.39 is 0 Å². The maximum Gasteiger partial charge on any atom is 0.230 e. The first-order valence-corrected chi connectivity index (χ1v) is 6.12. The van der Waals surface area contributed by atoms with Crippen molar-refractivity contribution in [1.29, 1.82) is 0 Å². The Labute approximate surface area is 102 Å². The van der Waals surface area contributed by atoms with Crippen molar-refractivity contribution in [2.24, 2.45) is 0 Å². The number of carbonyl (C=O) groups excluding carboxylic acids is 1. The van der Waals surface area contributed by atoms with Crippen LogP contribution in [0.25, 0.3) is 11.2 Å². The Bertz CT molecular complexity index is 539. The van der Waals surface area contributed by atoms with Crippen LogP contribution in [0.3, 0.4) is 0 Å². The summed E-state index contributed by atoms with van der Waals surface area (Å²) in [5.41, 5.74) is 1.34. The van der Waals surface area contributed by atoms with Crippen molar-refractivity contribution in [3.8, 4) is 0 Å². The van der Waals surface area contributed by atoms with Crippen LogP contribution in [0.2, 0.25) is 0 Å². The SMILES string of the molecule is CCn1nnc2c(SCC(=O)NC)ncnc21. The Hall–Kier alpha value is -1.70. The number of amides is 1. The first kappa shape index (κ1) is 11.8. The van der Waals surface area contributed by atoms with Gasteiger partial charge in [-0.1, -0.05) is 17.0 Å². The average molecular weight is 252 g/mol. The molecule has 0 spiro atoms. The van der Waals surface area contributed by atoms with Crippen LogP contribution in [0, 0.1) is 0 Å². The van der Waals surface area contributed by atoms with Gasteiger partial charge >= 0.3 is 0 Å². The first-order valence-electron chi connectivity index (χ1n) is 5.13. The van der Waals surface area contributed by atoms with Gasteiger partial charge in [0.05, 0.1) is 5.75 Å². The molecule has 0 atom stereocenters. The molecule has 2 aromatic rings. The number of aromatic nitrogens is 5. The molecule has 7 nitrogen and oxygen atoms in total. The standard InChI is InChI=1S/C9H12N6OS/c1-3-15-8-7(13-14-15)9(12-5-11-8)17-4-6(16)10-2/h5H,3-4H2,1-2H3,(H,10,16). The van der Waals surface area contributed by atoms with Crippen LogP contribution in [-0.4, -0.2) is 43.7 Å². The molecule has 0 aliphatic heterocycles. The summed E-state index contributed by atoms with van der Waals surface area (Å²) in [5, 5.41) is 11.2. The molecule has 0 radical (unpaired) electrons. The maximum absolute atomic E-state index is 11.2. The fourth-order valence-electron chi connectivity index (χ4n) is 1.30. The number of nitrogens with zero attached hydrogens (tertiary/aromatic N) is 5. The topological polar surface area (TPSA) is 85.6 Å². The van der Waals surface area contributed by atoms with Gasteiger partial charge in [0.1, 0.15) is 11.4 Å². The third-order valence-corrected chi connectivity index (χ3v) is 3.16. The van der Waals surface area contributed by atoms with Crippen molar-refractivity contribution in [3.63, 3.8) is 0 Å². The molecule has 1 amide bonds. The number of nitrogens with one attached hydrogen (secondary N) is 1. The Balaban J connectivity index is 2.28. The summed E-state index contributed by atoms with van der Waals surface area (Å²) in [6.07, 6.45) is 1.46. The lowest BCUT2D eigenvalue weighted by Gasteiger charge is -2.00. The fourth-order valence-corrected chi connectivity index (χ4v) is 2.10. The summed E-state index contributed by atoms with van der Waals surface area (Å²) in [7, 11) is 1.60. The number of aryl methyl sites for hydroxylation is 1. The molecule has 8 heteroatoms. The van der Waals surface area contributed by atoms with Crippen molar-refractivity contribution < 1.29 is 4.79 Å². The highest BCUT2D eigenvalue weighted by Crippen LogP contribution is 2.21. The molecule has 0 aliphatic rings. The molecule has 0 unspecified atom stereocenters. The van der Waals surface area contributed by atoms with Gasteiger partial charge in [-0.2, -0.15) is 0 Å². The number of hydrogen-bond acceptors (Lipinski definition) is 6. The van der Waals surface area contributed by atoms with Gasteiger partial charge in [0.2, 0.25) is 5.91 Å². The Kier molecular flexibility index (Phi) is 3.52.